The van der Waals surface area contributed by atoms with Crippen LogP contribution in [-0.2, 0) is 0 Å². The number of anilines is 1. The molecule has 1 fully saturated rings. The monoisotopic (exact) mass is 277 g/mol. The van der Waals surface area contributed by atoms with Crippen LogP contribution in [0.5, 0.6) is 5.75 Å². The van der Waals surface area contributed by atoms with Gasteiger partial charge in [-0.15, -0.1) is 0 Å². The Balaban J connectivity index is 2.15. The van der Waals surface area contributed by atoms with E-state index in [2.05, 4.69) is 29.0 Å². The molecule has 1 atom stereocenters. The van der Waals surface area contributed by atoms with Crippen LogP contribution in [0.25, 0.3) is 0 Å². The van der Waals surface area contributed by atoms with Crippen molar-refractivity contribution in [2.24, 2.45) is 5.92 Å². The average molecular weight is 277 g/mol. The van der Waals surface area contributed by atoms with Crippen molar-refractivity contribution in [2.45, 2.75) is 39.7 Å². The van der Waals surface area contributed by atoms with Crippen molar-refractivity contribution in [2.75, 3.05) is 31.1 Å². The standard InChI is InChI=1S/C16H27N3O/c1-4-20-15-8-6-10-18-16(15)19(13(2)3)12-14-7-5-9-17-11-14/h6,8,10,13-14,17H,4-5,7,9,11-12H2,1-3H3. The first kappa shape index (κ1) is 15.1. The molecule has 4 nitrogen and oxygen atoms in total. The van der Waals surface area contributed by atoms with Crippen molar-refractivity contribution in [3.05, 3.63) is 18.3 Å². The smallest absolute Gasteiger partial charge is 0.171 e. The predicted octanol–water partition coefficient (Wildman–Crippen LogP) is 2.69. The average Bonchev–Trinajstić information content (AvgIpc) is 2.47. The molecule has 1 unspecified atom stereocenters. The van der Waals surface area contributed by atoms with Crippen LogP contribution in [0, 0.1) is 5.92 Å². The van der Waals surface area contributed by atoms with Gasteiger partial charge in [-0.05, 0) is 64.8 Å². The van der Waals surface area contributed by atoms with Gasteiger partial charge in [-0.3, -0.25) is 0 Å². The molecule has 0 aromatic carbocycles. The largest absolute Gasteiger partial charge is 0.490 e. The molecule has 1 saturated heterocycles. The second-order valence-electron chi connectivity index (χ2n) is 5.72. The Morgan fingerprint density at radius 1 is 1.50 bits per heavy atom. The van der Waals surface area contributed by atoms with Crippen molar-refractivity contribution in [1.29, 1.82) is 0 Å². The maximum atomic E-state index is 5.74. The summed E-state index contributed by atoms with van der Waals surface area (Å²) in [5, 5.41) is 3.49. The number of rotatable bonds is 6. The Morgan fingerprint density at radius 3 is 3.00 bits per heavy atom. The minimum atomic E-state index is 0.422. The van der Waals surface area contributed by atoms with E-state index in [1.165, 1.54) is 12.8 Å². The molecule has 0 spiro atoms. The van der Waals surface area contributed by atoms with Crippen LogP contribution in [-0.4, -0.2) is 37.3 Å². The highest BCUT2D eigenvalue weighted by Gasteiger charge is 2.22. The maximum Gasteiger partial charge on any atom is 0.171 e. The number of hydrogen-bond donors (Lipinski definition) is 1. The molecule has 0 bridgehead atoms. The van der Waals surface area contributed by atoms with Crippen LogP contribution in [0.2, 0.25) is 0 Å². The van der Waals surface area contributed by atoms with Crippen LogP contribution in [0.1, 0.15) is 33.6 Å². The van der Waals surface area contributed by atoms with E-state index < -0.39 is 0 Å². The lowest BCUT2D eigenvalue weighted by atomic mass is 9.98. The molecular formula is C16H27N3O. The van der Waals surface area contributed by atoms with E-state index in [1.54, 1.807) is 0 Å². The second-order valence-corrected chi connectivity index (χ2v) is 5.72. The molecule has 1 aliphatic heterocycles. The molecule has 20 heavy (non-hydrogen) atoms. The van der Waals surface area contributed by atoms with E-state index in [-0.39, 0.29) is 0 Å². The minimum Gasteiger partial charge on any atom is -0.490 e. The molecule has 0 aliphatic carbocycles. The van der Waals surface area contributed by atoms with Crippen LogP contribution < -0.4 is 15.0 Å². The van der Waals surface area contributed by atoms with E-state index in [4.69, 9.17) is 4.74 Å². The van der Waals surface area contributed by atoms with Gasteiger partial charge in [-0.2, -0.15) is 0 Å². The SMILES string of the molecule is CCOc1cccnc1N(CC1CCCNC1)C(C)C. The van der Waals surface area contributed by atoms with E-state index in [0.29, 0.717) is 18.6 Å². The van der Waals surface area contributed by atoms with Gasteiger partial charge in [0.15, 0.2) is 11.6 Å². The summed E-state index contributed by atoms with van der Waals surface area (Å²) in [5.74, 6) is 2.57. The van der Waals surface area contributed by atoms with Gasteiger partial charge in [0.25, 0.3) is 0 Å². The molecule has 0 amide bonds. The molecule has 1 N–H and O–H groups in total. The zero-order valence-electron chi connectivity index (χ0n) is 12.9. The summed E-state index contributed by atoms with van der Waals surface area (Å²) < 4.78 is 5.74. The predicted molar refractivity (Wildman–Crippen MR) is 83.5 cm³/mol. The van der Waals surface area contributed by atoms with Gasteiger partial charge in [-0.1, -0.05) is 0 Å². The molecule has 2 rings (SSSR count). The topological polar surface area (TPSA) is 37.4 Å². The second kappa shape index (κ2) is 7.48. The van der Waals surface area contributed by atoms with Crippen LogP contribution >= 0.6 is 0 Å². The van der Waals surface area contributed by atoms with Gasteiger partial charge in [0, 0.05) is 18.8 Å². The number of ether oxygens (including phenoxy) is 1. The summed E-state index contributed by atoms with van der Waals surface area (Å²) in [7, 11) is 0. The molecule has 4 heteroatoms. The number of pyridine rings is 1. The molecule has 1 aliphatic rings. The minimum absolute atomic E-state index is 0.422. The van der Waals surface area contributed by atoms with E-state index >= 15 is 0 Å². The molecular weight excluding hydrogens is 250 g/mol. The third-order valence-electron chi connectivity index (χ3n) is 3.80. The van der Waals surface area contributed by atoms with Gasteiger partial charge in [0.05, 0.1) is 6.61 Å². The molecule has 0 saturated carbocycles. The maximum absolute atomic E-state index is 5.74. The van der Waals surface area contributed by atoms with Gasteiger partial charge < -0.3 is 15.0 Å². The highest BCUT2D eigenvalue weighted by Crippen LogP contribution is 2.28. The van der Waals surface area contributed by atoms with Crippen molar-refractivity contribution in [3.8, 4) is 5.75 Å². The van der Waals surface area contributed by atoms with Gasteiger partial charge in [0.1, 0.15) is 0 Å². The number of hydrogen-bond acceptors (Lipinski definition) is 4. The molecule has 0 radical (unpaired) electrons. The van der Waals surface area contributed by atoms with Crippen LogP contribution in [0.4, 0.5) is 5.82 Å². The lowest BCUT2D eigenvalue weighted by Gasteiger charge is -2.34. The Hall–Kier alpha value is -1.29. The van der Waals surface area contributed by atoms with Gasteiger partial charge in [0.2, 0.25) is 0 Å². The highest BCUT2D eigenvalue weighted by atomic mass is 16.5. The normalized spacial score (nSPS) is 19.1. The molecule has 1 aromatic rings. The first-order valence-corrected chi connectivity index (χ1v) is 7.77. The summed E-state index contributed by atoms with van der Waals surface area (Å²) >= 11 is 0. The summed E-state index contributed by atoms with van der Waals surface area (Å²) in [6.45, 7) is 10.5. The van der Waals surface area contributed by atoms with Crippen molar-refractivity contribution < 1.29 is 4.74 Å². The van der Waals surface area contributed by atoms with Crippen molar-refractivity contribution >= 4 is 5.82 Å². The third-order valence-corrected chi connectivity index (χ3v) is 3.80. The van der Waals surface area contributed by atoms with Gasteiger partial charge >= 0.3 is 0 Å². The lowest BCUT2D eigenvalue weighted by molar-refractivity contribution is 0.334. The quantitative estimate of drug-likeness (QED) is 0.867. The van der Waals surface area contributed by atoms with Crippen molar-refractivity contribution in [3.63, 3.8) is 0 Å². The van der Waals surface area contributed by atoms with E-state index in [9.17, 15) is 0 Å². The van der Waals surface area contributed by atoms with Gasteiger partial charge in [-0.25, -0.2) is 4.98 Å². The zero-order chi connectivity index (χ0) is 14.4. The fourth-order valence-corrected chi connectivity index (χ4v) is 2.77. The van der Waals surface area contributed by atoms with Crippen LogP contribution in [0.3, 0.4) is 0 Å². The number of aromatic nitrogens is 1. The zero-order valence-corrected chi connectivity index (χ0v) is 12.9. The Labute approximate surface area is 122 Å². The fraction of sp³-hybridized carbons (Fsp3) is 0.688. The number of nitrogens with zero attached hydrogens (tertiary/aromatic N) is 2. The third kappa shape index (κ3) is 3.85. The molecule has 1 aromatic heterocycles. The van der Waals surface area contributed by atoms with Crippen LogP contribution in [0.15, 0.2) is 18.3 Å². The number of nitrogens with one attached hydrogen (secondary N) is 1. The number of piperidine rings is 1. The summed E-state index contributed by atoms with van der Waals surface area (Å²) in [6.07, 6.45) is 4.43. The summed E-state index contributed by atoms with van der Waals surface area (Å²) in [4.78, 5) is 6.94. The van der Waals surface area contributed by atoms with Crippen molar-refractivity contribution in [1.82, 2.24) is 10.3 Å². The first-order chi connectivity index (χ1) is 9.72. The Kier molecular flexibility index (Phi) is 5.65. The van der Waals surface area contributed by atoms with E-state index in [1.807, 2.05) is 25.3 Å². The Morgan fingerprint density at radius 2 is 2.35 bits per heavy atom. The first-order valence-electron chi connectivity index (χ1n) is 7.77. The molecule has 112 valence electrons. The fourth-order valence-electron chi connectivity index (χ4n) is 2.77. The lowest BCUT2D eigenvalue weighted by Crippen LogP contribution is -2.41. The summed E-state index contributed by atoms with van der Waals surface area (Å²) in [5.41, 5.74) is 0. The highest BCUT2D eigenvalue weighted by molar-refractivity contribution is 5.52. The molecule has 2 heterocycles. The Bertz CT molecular complexity index is 402. The summed E-state index contributed by atoms with van der Waals surface area (Å²) in [6, 6.07) is 4.38. The van der Waals surface area contributed by atoms with E-state index in [0.717, 1.165) is 31.2 Å².